The van der Waals surface area contributed by atoms with Crippen molar-refractivity contribution in [3.63, 3.8) is 0 Å². The summed E-state index contributed by atoms with van der Waals surface area (Å²) in [4.78, 5) is 27.6. The number of carbonyl (C=O) groups excluding carboxylic acids is 2. The summed E-state index contributed by atoms with van der Waals surface area (Å²) in [7, 11) is 0. The molecule has 1 N–H and O–H groups in total. The smallest absolute Gasteiger partial charge is 0.306 e. The van der Waals surface area contributed by atoms with Gasteiger partial charge in [0.05, 0.1) is 0 Å². The minimum atomic E-state index is -0.764. The Balaban J connectivity index is 1.61. The van der Waals surface area contributed by atoms with Crippen LogP contribution in [-0.4, -0.2) is 32.6 Å². The van der Waals surface area contributed by atoms with Gasteiger partial charge in [0.15, 0.2) is 11.8 Å². The van der Waals surface area contributed by atoms with E-state index in [4.69, 9.17) is 4.74 Å². The van der Waals surface area contributed by atoms with Crippen molar-refractivity contribution < 1.29 is 14.3 Å². The lowest BCUT2D eigenvalue weighted by Crippen LogP contribution is -2.27. The van der Waals surface area contributed by atoms with E-state index in [1.165, 1.54) is 11.1 Å². The molecule has 0 radical (unpaired) electrons. The minimum Gasteiger partial charge on any atom is -0.452 e. The molecule has 0 unspecified atom stereocenters. The molecule has 26 heavy (non-hydrogen) atoms. The van der Waals surface area contributed by atoms with Crippen LogP contribution in [0.1, 0.15) is 24.0 Å². The Kier molecular flexibility index (Phi) is 3.91. The fourth-order valence-corrected chi connectivity index (χ4v) is 3.04. The number of amides is 1. The third-order valence-corrected chi connectivity index (χ3v) is 4.45. The molecule has 1 fully saturated rings. The normalized spacial score (nSPS) is 16.7. The molecule has 1 saturated heterocycles. The van der Waals surface area contributed by atoms with Crippen LogP contribution >= 0.6 is 0 Å². The van der Waals surface area contributed by atoms with Crippen LogP contribution in [0.5, 0.6) is 0 Å². The summed E-state index contributed by atoms with van der Waals surface area (Å²) in [6.45, 7) is 4.12. The van der Waals surface area contributed by atoms with E-state index in [0.29, 0.717) is 12.1 Å². The van der Waals surface area contributed by atoms with Crippen LogP contribution in [0.15, 0.2) is 36.5 Å². The SMILES string of the molecule is Cc1ccc(C)c(-c2ccc3nc(NC(=O)[C@H]4CCC(=O)O4)nn3c2)c1. The largest absolute Gasteiger partial charge is 0.452 e. The zero-order valence-electron chi connectivity index (χ0n) is 14.5. The van der Waals surface area contributed by atoms with Crippen LogP contribution in [0.25, 0.3) is 16.8 Å². The first-order valence-electron chi connectivity index (χ1n) is 8.44. The molecule has 2 aromatic heterocycles. The number of anilines is 1. The second-order valence-electron chi connectivity index (χ2n) is 6.48. The maximum atomic E-state index is 12.1. The van der Waals surface area contributed by atoms with Crippen LogP contribution in [0.4, 0.5) is 5.95 Å². The van der Waals surface area contributed by atoms with Crippen LogP contribution in [0.3, 0.4) is 0 Å². The summed E-state index contributed by atoms with van der Waals surface area (Å²) in [6.07, 6.45) is 1.76. The molecule has 1 aliphatic rings. The lowest BCUT2D eigenvalue weighted by molar-refractivity contribution is -0.146. The number of aromatic nitrogens is 3. The van der Waals surface area contributed by atoms with E-state index in [1.807, 2.05) is 18.3 Å². The zero-order valence-corrected chi connectivity index (χ0v) is 14.5. The van der Waals surface area contributed by atoms with E-state index in [0.717, 1.165) is 11.1 Å². The molecular weight excluding hydrogens is 332 g/mol. The molecule has 7 nitrogen and oxygen atoms in total. The van der Waals surface area contributed by atoms with Gasteiger partial charge in [-0.1, -0.05) is 23.8 Å². The van der Waals surface area contributed by atoms with E-state index in [2.05, 4.69) is 47.4 Å². The molecular formula is C19H18N4O3. The molecule has 1 amide bonds. The van der Waals surface area contributed by atoms with Crippen molar-refractivity contribution in [1.29, 1.82) is 0 Å². The van der Waals surface area contributed by atoms with Gasteiger partial charge in [-0.05, 0) is 37.1 Å². The average molecular weight is 350 g/mol. The topological polar surface area (TPSA) is 85.6 Å². The van der Waals surface area contributed by atoms with E-state index in [-0.39, 0.29) is 18.3 Å². The molecule has 132 valence electrons. The van der Waals surface area contributed by atoms with Crippen molar-refractivity contribution in [3.8, 4) is 11.1 Å². The number of nitrogens with zero attached hydrogens (tertiary/aromatic N) is 3. The summed E-state index contributed by atoms with van der Waals surface area (Å²) in [5.41, 5.74) is 5.13. The maximum absolute atomic E-state index is 12.1. The van der Waals surface area contributed by atoms with Crippen molar-refractivity contribution in [3.05, 3.63) is 47.7 Å². The maximum Gasteiger partial charge on any atom is 0.306 e. The van der Waals surface area contributed by atoms with Gasteiger partial charge in [0.2, 0.25) is 5.95 Å². The first kappa shape index (κ1) is 16.3. The fraction of sp³-hybridized carbons (Fsp3) is 0.263. The van der Waals surface area contributed by atoms with Gasteiger partial charge in [-0.25, -0.2) is 4.52 Å². The molecule has 7 heteroatoms. The summed E-state index contributed by atoms with van der Waals surface area (Å²) >= 11 is 0. The minimum absolute atomic E-state index is 0.191. The van der Waals surface area contributed by atoms with Crippen molar-refractivity contribution >= 4 is 23.5 Å². The highest BCUT2D eigenvalue weighted by atomic mass is 16.6. The Labute approximate surface area is 150 Å². The van der Waals surface area contributed by atoms with Crippen LogP contribution in [0, 0.1) is 13.8 Å². The van der Waals surface area contributed by atoms with Gasteiger partial charge in [0.25, 0.3) is 5.91 Å². The predicted octanol–water partition coefficient (Wildman–Crippen LogP) is 2.66. The molecule has 4 rings (SSSR count). The van der Waals surface area contributed by atoms with E-state index >= 15 is 0 Å². The number of hydrogen-bond donors (Lipinski definition) is 1. The van der Waals surface area contributed by atoms with E-state index in [9.17, 15) is 9.59 Å². The monoisotopic (exact) mass is 350 g/mol. The first-order chi connectivity index (χ1) is 12.5. The van der Waals surface area contributed by atoms with Crippen molar-refractivity contribution in [2.24, 2.45) is 0 Å². The van der Waals surface area contributed by atoms with Gasteiger partial charge in [0.1, 0.15) is 0 Å². The second kappa shape index (κ2) is 6.25. The summed E-state index contributed by atoms with van der Waals surface area (Å²) in [5.74, 6) is -0.566. The number of nitrogens with one attached hydrogen (secondary N) is 1. The Hall–Kier alpha value is -3.22. The Morgan fingerprint density at radius 2 is 2.12 bits per heavy atom. The Morgan fingerprint density at radius 3 is 2.88 bits per heavy atom. The molecule has 1 atom stereocenters. The summed E-state index contributed by atoms with van der Waals surface area (Å²) < 4.78 is 6.59. The number of carbonyl (C=O) groups is 2. The van der Waals surface area contributed by atoms with Crippen LogP contribution in [0.2, 0.25) is 0 Å². The second-order valence-corrected chi connectivity index (χ2v) is 6.48. The molecule has 0 bridgehead atoms. The number of aryl methyl sites for hydroxylation is 2. The Morgan fingerprint density at radius 1 is 1.27 bits per heavy atom. The molecule has 0 spiro atoms. The van der Waals surface area contributed by atoms with Gasteiger partial charge in [-0.2, -0.15) is 4.98 Å². The highest BCUT2D eigenvalue weighted by Gasteiger charge is 2.30. The number of benzene rings is 1. The first-order valence-corrected chi connectivity index (χ1v) is 8.44. The number of cyclic esters (lactones) is 1. The highest BCUT2D eigenvalue weighted by Crippen LogP contribution is 2.25. The van der Waals surface area contributed by atoms with Gasteiger partial charge in [-0.15, -0.1) is 5.10 Å². The number of ether oxygens (including phenoxy) is 1. The lowest BCUT2D eigenvalue weighted by atomic mass is 10.00. The third kappa shape index (κ3) is 3.03. The lowest BCUT2D eigenvalue weighted by Gasteiger charge is -2.07. The summed E-state index contributed by atoms with van der Waals surface area (Å²) in [6, 6.07) is 10.1. The van der Waals surface area contributed by atoms with Gasteiger partial charge in [-0.3, -0.25) is 14.9 Å². The molecule has 3 heterocycles. The quantitative estimate of drug-likeness (QED) is 0.734. The number of pyridine rings is 1. The standard InChI is InChI=1S/C19H18N4O3/c1-11-3-4-12(2)14(9-11)13-5-7-16-20-19(22-23(16)10-13)21-18(25)15-6-8-17(24)26-15/h3-5,7,9-10,15H,6,8H2,1-2H3,(H,21,22,25)/t15-/m1/s1. The van der Waals surface area contributed by atoms with Crippen LogP contribution in [-0.2, 0) is 14.3 Å². The Bertz CT molecular complexity index is 1020. The van der Waals surface area contributed by atoms with Crippen molar-refractivity contribution in [1.82, 2.24) is 14.6 Å². The number of rotatable bonds is 3. The van der Waals surface area contributed by atoms with Gasteiger partial charge < -0.3 is 4.74 Å². The highest BCUT2D eigenvalue weighted by molar-refractivity contribution is 5.95. The van der Waals surface area contributed by atoms with Gasteiger partial charge in [0, 0.05) is 24.6 Å². The average Bonchev–Trinajstić information content (AvgIpc) is 3.22. The number of hydrogen-bond acceptors (Lipinski definition) is 5. The van der Waals surface area contributed by atoms with Crippen molar-refractivity contribution in [2.75, 3.05) is 5.32 Å². The summed E-state index contributed by atoms with van der Waals surface area (Å²) in [5, 5.41) is 6.93. The molecule has 1 aliphatic heterocycles. The third-order valence-electron chi connectivity index (χ3n) is 4.45. The molecule has 0 aliphatic carbocycles. The van der Waals surface area contributed by atoms with Gasteiger partial charge >= 0.3 is 5.97 Å². The van der Waals surface area contributed by atoms with Crippen LogP contribution < -0.4 is 5.32 Å². The molecule has 3 aromatic rings. The zero-order chi connectivity index (χ0) is 18.3. The predicted molar refractivity (Wildman–Crippen MR) is 95.6 cm³/mol. The molecule has 0 saturated carbocycles. The number of esters is 1. The van der Waals surface area contributed by atoms with Crippen molar-refractivity contribution in [2.45, 2.75) is 32.8 Å². The molecule has 1 aromatic carbocycles. The number of fused-ring (bicyclic) bond motifs is 1. The van der Waals surface area contributed by atoms with E-state index in [1.54, 1.807) is 4.52 Å². The fourth-order valence-electron chi connectivity index (χ4n) is 3.04. The van der Waals surface area contributed by atoms with E-state index < -0.39 is 12.0 Å².